The molecule has 0 fully saturated rings. The summed E-state index contributed by atoms with van der Waals surface area (Å²) in [5, 5.41) is 0. The zero-order chi connectivity index (χ0) is 20.1. The second-order valence-electron chi connectivity index (χ2n) is 6.24. The van der Waals surface area contributed by atoms with E-state index in [2.05, 4.69) is 4.98 Å². The maximum atomic E-state index is 13.6. The fourth-order valence-corrected chi connectivity index (χ4v) is 3.57. The number of hydrogen-bond acceptors (Lipinski definition) is 4. The molecule has 8 heteroatoms. The Kier molecular flexibility index (Phi) is 4.23. The average molecular weight is 403 g/mol. The van der Waals surface area contributed by atoms with Gasteiger partial charge in [0.2, 0.25) is 0 Å². The number of benzene rings is 2. The van der Waals surface area contributed by atoms with Crippen LogP contribution in [0.4, 0.5) is 13.2 Å². The van der Waals surface area contributed by atoms with Gasteiger partial charge in [0.1, 0.15) is 11.3 Å². The van der Waals surface area contributed by atoms with Crippen LogP contribution in [-0.2, 0) is 9.84 Å². The van der Waals surface area contributed by atoms with Gasteiger partial charge in [-0.15, -0.1) is 0 Å². The number of aromatic nitrogens is 1. The number of rotatable bonds is 3. The van der Waals surface area contributed by atoms with E-state index in [1.807, 2.05) is 0 Å². The molecule has 28 heavy (non-hydrogen) atoms. The molecular weight excluding hydrogens is 391 g/mol. The topological polar surface area (TPSA) is 60.2 Å². The molecule has 0 saturated carbocycles. The van der Waals surface area contributed by atoms with Gasteiger partial charge in [-0.25, -0.2) is 21.6 Å². The predicted octanol–water partition coefficient (Wildman–Crippen LogP) is 4.98. The summed E-state index contributed by atoms with van der Waals surface area (Å²) in [4.78, 5) is 4.32. The first-order valence-corrected chi connectivity index (χ1v) is 9.97. The van der Waals surface area contributed by atoms with Crippen LogP contribution in [0.25, 0.3) is 33.6 Å². The highest BCUT2D eigenvalue weighted by atomic mass is 32.2. The summed E-state index contributed by atoms with van der Waals surface area (Å²) in [6.07, 6.45) is 2.62. The van der Waals surface area contributed by atoms with Crippen LogP contribution in [0.15, 0.2) is 64.0 Å². The van der Waals surface area contributed by atoms with Gasteiger partial charge < -0.3 is 4.42 Å². The minimum Gasteiger partial charge on any atom is -0.454 e. The maximum absolute atomic E-state index is 13.6. The third-order valence-corrected chi connectivity index (χ3v) is 5.36. The van der Waals surface area contributed by atoms with Crippen molar-refractivity contribution in [3.05, 3.63) is 72.2 Å². The van der Waals surface area contributed by atoms with Gasteiger partial charge in [-0.05, 0) is 35.9 Å². The number of fused-ring (bicyclic) bond motifs is 1. The molecule has 0 unspecified atom stereocenters. The molecule has 4 aromatic rings. The van der Waals surface area contributed by atoms with Crippen molar-refractivity contribution in [1.82, 2.24) is 4.98 Å². The van der Waals surface area contributed by atoms with Crippen LogP contribution in [0, 0.1) is 17.5 Å². The number of halogens is 3. The molecule has 0 aliphatic rings. The number of nitrogens with zero attached hydrogens (tertiary/aromatic N) is 1. The lowest BCUT2D eigenvalue weighted by atomic mass is 10.1. The zero-order valence-electron chi connectivity index (χ0n) is 14.4. The summed E-state index contributed by atoms with van der Waals surface area (Å²) in [7, 11) is -3.40. The molecular formula is C20H12F3NO3S. The first-order valence-electron chi connectivity index (χ1n) is 8.08. The normalized spacial score (nSPS) is 11.9. The SMILES string of the molecule is CS(=O)(=O)c1cccc(-c2ccnc3cc(-c4cc(F)c(F)c(F)c4)oc23)c1. The van der Waals surface area contributed by atoms with Crippen LogP contribution >= 0.6 is 0 Å². The molecule has 0 saturated heterocycles. The van der Waals surface area contributed by atoms with Crippen LogP contribution in [-0.4, -0.2) is 19.7 Å². The molecule has 0 radical (unpaired) electrons. The van der Waals surface area contributed by atoms with Gasteiger partial charge in [-0.1, -0.05) is 12.1 Å². The van der Waals surface area contributed by atoms with E-state index in [0.717, 1.165) is 18.4 Å². The van der Waals surface area contributed by atoms with Gasteiger partial charge in [0.15, 0.2) is 32.9 Å². The highest BCUT2D eigenvalue weighted by Crippen LogP contribution is 2.35. The Labute approximate surface area is 158 Å². The van der Waals surface area contributed by atoms with Crippen molar-refractivity contribution in [3.8, 4) is 22.5 Å². The molecule has 0 atom stereocenters. The minimum absolute atomic E-state index is 0.0187. The van der Waals surface area contributed by atoms with E-state index in [-0.39, 0.29) is 16.2 Å². The number of hydrogen-bond donors (Lipinski definition) is 0. The fraction of sp³-hybridized carbons (Fsp3) is 0.0500. The molecule has 0 spiro atoms. The van der Waals surface area contributed by atoms with E-state index in [1.165, 1.54) is 24.4 Å². The predicted molar refractivity (Wildman–Crippen MR) is 97.9 cm³/mol. The van der Waals surface area contributed by atoms with Crippen LogP contribution < -0.4 is 0 Å². The summed E-state index contributed by atoms with van der Waals surface area (Å²) in [5.74, 6) is -4.11. The minimum atomic E-state index is -3.40. The zero-order valence-corrected chi connectivity index (χ0v) is 15.2. The highest BCUT2D eigenvalue weighted by Gasteiger charge is 2.17. The summed E-state index contributed by atoms with van der Waals surface area (Å²) in [5.41, 5.74) is 1.87. The third kappa shape index (κ3) is 3.16. The van der Waals surface area contributed by atoms with Crippen molar-refractivity contribution in [2.75, 3.05) is 6.26 Å². The molecule has 0 bridgehead atoms. The van der Waals surface area contributed by atoms with Crippen molar-refractivity contribution in [1.29, 1.82) is 0 Å². The number of furan rings is 1. The molecule has 2 aromatic heterocycles. The first-order chi connectivity index (χ1) is 13.2. The number of pyridine rings is 1. The Hall–Kier alpha value is -3.13. The molecule has 0 aliphatic heterocycles. The Bertz CT molecular complexity index is 1310. The summed E-state index contributed by atoms with van der Waals surface area (Å²) in [6, 6.07) is 11.1. The van der Waals surface area contributed by atoms with Gasteiger partial charge in [0.25, 0.3) is 0 Å². The van der Waals surface area contributed by atoms with E-state index in [9.17, 15) is 21.6 Å². The molecule has 0 N–H and O–H groups in total. The molecule has 2 aromatic carbocycles. The Balaban J connectivity index is 1.90. The Morgan fingerprint density at radius 2 is 1.64 bits per heavy atom. The Morgan fingerprint density at radius 3 is 2.32 bits per heavy atom. The van der Waals surface area contributed by atoms with E-state index in [4.69, 9.17) is 4.42 Å². The van der Waals surface area contributed by atoms with Crippen molar-refractivity contribution in [2.24, 2.45) is 0 Å². The number of sulfone groups is 1. The van der Waals surface area contributed by atoms with Crippen molar-refractivity contribution < 1.29 is 26.0 Å². The highest BCUT2D eigenvalue weighted by molar-refractivity contribution is 7.90. The van der Waals surface area contributed by atoms with Gasteiger partial charge in [-0.2, -0.15) is 0 Å². The maximum Gasteiger partial charge on any atom is 0.194 e. The van der Waals surface area contributed by atoms with Gasteiger partial charge in [-0.3, -0.25) is 4.98 Å². The lowest BCUT2D eigenvalue weighted by Gasteiger charge is -2.05. The van der Waals surface area contributed by atoms with E-state index < -0.39 is 27.3 Å². The fourth-order valence-electron chi connectivity index (χ4n) is 2.90. The molecule has 0 amide bonds. The Morgan fingerprint density at radius 1 is 0.929 bits per heavy atom. The second-order valence-corrected chi connectivity index (χ2v) is 8.25. The van der Waals surface area contributed by atoms with Crippen molar-refractivity contribution in [3.63, 3.8) is 0 Å². The lowest BCUT2D eigenvalue weighted by molar-refractivity contribution is 0.447. The lowest BCUT2D eigenvalue weighted by Crippen LogP contribution is -1.96. The molecule has 2 heterocycles. The van der Waals surface area contributed by atoms with Crippen LogP contribution in [0.5, 0.6) is 0 Å². The van der Waals surface area contributed by atoms with Crippen LogP contribution in [0.3, 0.4) is 0 Å². The van der Waals surface area contributed by atoms with E-state index >= 15 is 0 Å². The standard InChI is InChI=1S/C20H12F3NO3S/c1-28(25,26)13-4-2-3-11(7-13)14-5-6-24-17-10-18(27-20(14)17)12-8-15(21)19(23)16(22)9-12/h2-10H,1H3. The summed E-state index contributed by atoms with van der Waals surface area (Å²) >= 11 is 0. The molecule has 0 aliphatic carbocycles. The van der Waals surface area contributed by atoms with Crippen LogP contribution in [0.1, 0.15) is 0 Å². The van der Waals surface area contributed by atoms with Gasteiger partial charge in [0, 0.05) is 29.6 Å². The van der Waals surface area contributed by atoms with Gasteiger partial charge in [0.05, 0.1) is 4.90 Å². The summed E-state index contributed by atoms with van der Waals surface area (Å²) in [6.45, 7) is 0. The van der Waals surface area contributed by atoms with E-state index in [0.29, 0.717) is 22.2 Å². The van der Waals surface area contributed by atoms with Gasteiger partial charge >= 0.3 is 0 Å². The van der Waals surface area contributed by atoms with Crippen LogP contribution in [0.2, 0.25) is 0 Å². The quantitative estimate of drug-likeness (QED) is 0.453. The second kappa shape index (κ2) is 6.49. The summed E-state index contributed by atoms with van der Waals surface area (Å²) < 4.78 is 69.7. The molecule has 4 rings (SSSR count). The average Bonchev–Trinajstić information content (AvgIpc) is 3.09. The van der Waals surface area contributed by atoms with E-state index in [1.54, 1.807) is 18.2 Å². The molecule has 4 nitrogen and oxygen atoms in total. The third-order valence-electron chi connectivity index (χ3n) is 4.25. The smallest absolute Gasteiger partial charge is 0.194 e. The largest absolute Gasteiger partial charge is 0.454 e. The molecule has 142 valence electrons. The monoisotopic (exact) mass is 403 g/mol. The van der Waals surface area contributed by atoms with Crippen molar-refractivity contribution in [2.45, 2.75) is 4.90 Å². The van der Waals surface area contributed by atoms with Crippen molar-refractivity contribution >= 4 is 20.9 Å². The first kappa shape index (κ1) is 18.2.